The predicted molar refractivity (Wildman–Crippen MR) is 125 cm³/mol. The number of carboxylic acids is 1. The number of methoxy groups -OCH3 is 1. The molecule has 4 rings (SSSR count). The van der Waals surface area contributed by atoms with Crippen molar-refractivity contribution in [2.75, 3.05) is 26.8 Å². The van der Waals surface area contributed by atoms with Crippen LogP contribution in [0.1, 0.15) is 36.8 Å². The van der Waals surface area contributed by atoms with Gasteiger partial charge in [0, 0.05) is 25.6 Å². The molecule has 1 saturated heterocycles. The molecule has 2 aliphatic rings. The van der Waals surface area contributed by atoms with Crippen LogP contribution in [-0.4, -0.2) is 66.9 Å². The van der Waals surface area contributed by atoms with Gasteiger partial charge in [-0.2, -0.15) is 0 Å². The standard InChI is InChI=1S/C26H30N2O6/c1-16-17(25(30)31)12-7-13-28(16)24(29)23(33-2)14-27-26(32)34-15-22-20-10-5-3-8-18(20)19-9-4-6-11-21(19)22/h3-6,8-11,16-17,22-23H,7,12-15H2,1-2H3,(H,27,32)(H,30,31)/t16-,17-,23?/m0/s1. The number of carbonyl (C=O) groups is 3. The van der Waals surface area contributed by atoms with Gasteiger partial charge in [-0.05, 0) is 42.0 Å². The fourth-order valence-electron chi connectivity index (χ4n) is 5.07. The lowest BCUT2D eigenvalue weighted by atomic mass is 9.90. The van der Waals surface area contributed by atoms with Crippen LogP contribution >= 0.6 is 0 Å². The third-order valence-electron chi connectivity index (χ3n) is 6.92. The van der Waals surface area contributed by atoms with E-state index in [4.69, 9.17) is 9.47 Å². The first-order chi connectivity index (χ1) is 16.4. The number of rotatable bonds is 7. The minimum Gasteiger partial charge on any atom is -0.481 e. The van der Waals surface area contributed by atoms with Gasteiger partial charge in [-0.1, -0.05) is 48.5 Å². The Labute approximate surface area is 198 Å². The molecule has 2 aromatic carbocycles. The highest BCUT2D eigenvalue weighted by Gasteiger charge is 2.38. The van der Waals surface area contributed by atoms with Crippen molar-refractivity contribution in [1.29, 1.82) is 0 Å². The number of fused-ring (bicyclic) bond motifs is 3. The second-order valence-electron chi connectivity index (χ2n) is 8.79. The maximum absolute atomic E-state index is 13.0. The lowest BCUT2D eigenvalue weighted by Gasteiger charge is -2.39. The minimum absolute atomic E-state index is 0.0554. The molecule has 2 amide bonds. The monoisotopic (exact) mass is 466 g/mol. The number of hydrogen-bond acceptors (Lipinski definition) is 5. The first kappa shape index (κ1) is 23.8. The van der Waals surface area contributed by atoms with E-state index < -0.39 is 30.1 Å². The molecular formula is C26H30N2O6. The highest BCUT2D eigenvalue weighted by molar-refractivity contribution is 5.83. The molecule has 1 aliphatic heterocycles. The summed E-state index contributed by atoms with van der Waals surface area (Å²) < 4.78 is 10.8. The van der Waals surface area contributed by atoms with Crippen molar-refractivity contribution in [3.63, 3.8) is 0 Å². The Morgan fingerprint density at radius 3 is 2.29 bits per heavy atom. The molecule has 1 unspecified atom stereocenters. The molecule has 2 aromatic rings. The number of aliphatic carboxylic acids is 1. The zero-order valence-electron chi connectivity index (χ0n) is 19.4. The van der Waals surface area contributed by atoms with Gasteiger partial charge < -0.3 is 24.8 Å². The Morgan fingerprint density at radius 1 is 1.09 bits per heavy atom. The van der Waals surface area contributed by atoms with E-state index in [1.807, 2.05) is 36.4 Å². The largest absolute Gasteiger partial charge is 0.481 e. The number of nitrogens with zero attached hydrogens (tertiary/aromatic N) is 1. The number of ether oxygens (including phenoxy) is 2. The Morgan fingerprint density at radius 2 is 1.71 bits per heavy atom. The van der Waals surface area contributed by atoms with Crippen molar-refractivity contribution in [3.8, 4) is 11.1 Å². The molecule has 8 heteroatoms. The first-order valence-corrected chi connectivity index (χ1v) is 11.6. The molecule has 34 heavy (non-hydrogen) atoms. The van der Waals surface area contributed by atoms with Gasteiger partial charge in [0.05, 0.1) is 12.5 Å². The van der Waals surface area contributed by atoms with Gasteiger partial charge in [0.2, 0.25) is 0 Å². The summed E-state index contributed by atoms with van der Waals surface area (Å²) in [6.45, 7) is 2.32. The van der Waals surface area contributed by atoms with Gasteiger partial charge in [-0.3, -0.25) is 9.59 Å². The Balaban J connectivity index is 1.34. The molecular weight excluding hydrogens is 436 g/mol. The van der Waals surface area contributed by atoms with Crippen molar-refractivity contribution >= 4 is 18.0 Å². The van der Waals surface area contributed by atoms with Crippen molar-refractivity contribution in [1.82, 2.24) is 10.2 Å². The number of nitrogens with one attached hydrogen (secondary N) is 1. The van der Waals surface area contributed by atoms with E-state index in [1.54, 1.807) is 6.92 Å². The number of benzene rings is 2. The van der Waals surface area contributed by atoms with E-state index in [1.165, 1.54) is 12.0 Å². The summed E-state index contributed by atoms with van der Waals surface area (Å²) in [6, 6.07) is 15.7. The lowest BCUT2D eigenvalue weighted by molar-refractivity contribution is -0.153. The molecule has 2 N–H and O–H groups in total. The van der Waals surface area contributed by atoms with Crippen LogP contribution in [0.25, 0.3) is 11.1 Å². The summed E-state index contributed by atoms with van der Waals surface area (Å²) >= 11 is 0. The lowest BCUT2D eigenvalue weighted by Crippen LogP contribution is -2.54. The number of amides is 2. The summed E-state index contributed by atoms with van der Waals surface area (Å²) in [5, 5.41) is 12.0. The Hall–Kier alpha value is -3.39. The Bertz CT molecular complexity index is 1030. The van der Waals surface area contributed by atoms with E-state index in [9.17, 15) is 19.5 Å². The average Bonchev–Trinajstić information content (AvgIpc) is 3.16. The fraction of sp³-hybridized carbons (Fsp3) is 0.423. The number of hydrogen-bond donors (Lipinski definition) is 2. The van der Waals surface area contributed by atoms with Crippen molar-refractivity contribution in [2.45, 2.75) is 37.8 Å². The molecule has 0 radical (unpaired) electrons. The van der Waals surface area contributed by atoms with E-state index in [0.29, 0.717) is 19.4 Å². The quantitative estimate of drug-likeness (QED) is 0.649. The minimum atomic E-state index is -0.921. The smallest absolute Gasteiger partial charge is 0.407 e. The third-order valence-corrected chi connectivity index (χ3v) is 6.92. The van der Waals surface area contributed by atoms with Crippen LogP contribution in [0, 0.1) is 5.92 Å². The van der Waals surface area contributed by atoms with Crippen LogP contribution in [-0.2, 0) is 19.1 Å². The fourth-order valence-corrected chi connectivity index (χ4v) is 5.07. The van der Waals surface area contributed by atoms with Crippen LogP contribution < -0.4 is 5.32 Å². The zero-order valence-corrected chi connectivity index (χ0v) is 19.4. The number of alkyl carbamates (subject to hydrolysis) is 1. The SMILES string of the molecule is COC(CNC(=O)OCC1c2ccccc2-c2ccccc21)C(=O)N1CCC[C@H](C(=O)O)[C@@H]1C. The normalized spacial score (nSPS) is 20.2. The number of piperidine rings is 1. The number of likely N-dealkylation sites (tertiary alicyclic amines) is 1. The van der Waals surface area contributed by atoms with E-state index in [0.717, 1.165) is 22.3 Å². The van der Waals surface area contributed by atoms with E-state index >= 15 is 0 Å². The summed E-state index contributed by atoms with van der Waals surface area (Å²) in [5.74, 6) is -1.90. The topological polar surface area (TPSA) is 105 Å². The first-order valence-electron chi connectivity index (χ1n) is 11.6. The van der Waals surface area contributed by atoms with E-state index in [-0.39, 0.29) is 25.0 Å². The van der Waals surface area contributed by atoms with Crippen LogP contribution in [0.3, 0.4) is 0 Å². The number of carboxylic acid groups (broad SMARTS) is 1. The molecule has 0 aromatic heterocycles. The molecule has 3 atom stereocenters. The highest BCUT2D eigenvalue weighted by atomic mass is 16.5. The van der Waals surface area contributed by atoms with Gasteiger partial charge in [0.15, 0.2) is 6.10 Å². The summed E-state index contributed by atoms with van der Waals surface area (Å²) in [4.78, 5) is 38.5. The van der Waals surface area contributed by atoms with Gasteiger partial charge in [0.1, 0.15) is 6.61 Å². The van der Waals surface area contributed by atoms with E-state index in [2.05, 4.69) is 17.4 Å². The maximum atomic E-state index is 13.0. The van der Waals surface area contributed by atoms with Gasteiger partial charge in [-0.25, -0.2) is 4.79 Å². The summed E-state index contributed by atoms with van der Waals surface area (Å²) in [5.41, 5.74) is 4.53. The molecule has 1 heterocycles. The second kappa shape index (κ2) is 10.3. The number of carbonyl (C=O) groups excluding carboxylic acids is 2. The van der Waals surface area contributed by atoms with Crippen LogP contribution in [0.15, 0.2) is 48.5 Å². The molecule has 0 spiro atoms. The molecule has 8 nitrogen and oxygen atoms in total. The Kier molecular flexibility index (Phi) is 7.17. The van der Waals surface area contributed by atoms with Crippen LogP contribution in [0.5, 0.6) is 0 Å². The predicted octanol–water partition coefficient (Wildman–Crippen LogP) is 3.25. The molecule has 0 saturated carbocycles. The van der Waals surface area contributed by atoms with Crippen LogP contribution in [0.4, 0.5) is 4.79 Å². The third kappa shape index (κ3) is 4.63. The maximum Gasteiger partial charge on any atom is 0.407 e. The van der Waals surface area contributed by atoms with Gasteiger partial charge >= 0.3 is 12.1 Å². The van der Waals surface area contributed by atoms with Crippen molar-refractivity contribution in [2.24, 2.45) is 5.92 Å². The highest BCUT2D eigenvalue weighted by Crippen LogP contribution is 2.44. The van der Waals surface area contributed by atoms with Crippen molar-refractivity contribution in [3.05, 3.63) is 59.7 Å². The van der Waals surface area contributed by atoms with Crippen LogP contribution in [0.2, 0.25) is 0 Å². The van der Waals surface area contributed by atoms with Crippen molar-refractivity contribution < 1.29 is 29.0 Å². The molecule has 1 aliphatic carbocycles. The second-order valence-corrected chi connectivity index (χ2v) is 8.79. The summed E-state index contributed by atoms with van der Waals surface area (Å²) in [7, 11) is 1.39. The average molecular weight is 467 g/mol. The molecule has 180 valence electrons. The van der Waals surface area contributed by atoms with Gasteiger partial charge in [0.25, 0.3) is 5.91 Å². The summed E-state index contributed by atoms with van der Waals surface area (Å²) in [6.07, 6.45) is -0.401. The molecule has 0 bridgehead atoms. The zero-order chi connectivity index (χ0) is 24.2. The van der Waals surface area contributed by atoms with Gasteiger partial charge in [-0.15, -0.1) is 0 Å². The molecule has 1 fully saturated rings.